The van der Waals surface area contributed by atoms with Crippen molar-refractivity contribution in [1.82, 2.24) is 4.90 Å². The number of benzene rings is 1. The Labute approximate surface area is 134 Å². The Morgan fingerprint density at radius 2 is 2.17 bits per heavy atom. The first-order valence-corrected chi connectivity index (χ1v) is 7.89. The van der Waals surface area contributed by atoms with Crippen LogP contribution in [0.2, 0.25) is 0 Å². The first-order valence-electron chi connectivity index (χ1n) is 7.89. The monoisotopic (exact) mass is 323 g/mol. The molecule has 2 N–H and O–H groups in total. The lowest BCUT2D eigenvalue weighted by Gasteiger charge is -2.33. The zero-order valence-electron chi connectivity index (χ0n) is 12.9. The van der Waals surface area contributed by atoms with E-state index in [2.05, 4.69) is 0 Å². The summed E-state index contributed by atoms with van der Waals surface area (Å²) in [5.41, 5.74) is 0.387. The van der Waals surface area contributed by atoms with E-state index in [4.69, 9.17) is 5.11 Å². The van der Waals surface area contributed by atoms with Crippen LogP contribution >= 0.6 is 0 Å². The molecule has 1 aromatic rings. The molecule has 1 aromatic carbocycles. The number of aliphatic hydroxyl groups excluding tert-OH is 1. The van der Waals surface area contributed by atoms with E-state index < -0.39 is 17.9 Å². The Morgan fingerprint density at radius 1 is 1.39 bits per heavy atom. The molecule has 2 atom stereocenters. The molecule has 0 aliphatic carbocycles. The number of halogens is 1. The number of hydrogen-bond acceptors (Lipinski definition) is 3. The molecule has 1 amide bonds. The van der Waals surface area contributed by atoms with Crippen molar-refractivity contribution >= 4 is 11.9 Å². The number of nitrogens with zero attached hydrogens (tertiary/aromatic N) is 1. The Balaban J connectivity index is 1.88. The van der Waals surface area contributed by atoms with Crippen molar-refractivity contribution in [2.75, 3.05) is 13.1 Å². The topological polar surface area (TPSA) is 77.8 Å². The van der Waals surface area contributed by atoms with Gasteiger partial charge in [0.1, 0.15) is 5.82 Å². The van der Waals surface area contributed by atoms with Gasteiger partial charge in [0.15, 0.2) is 0 Å². The van der Waals surface area contributed by atoms with E-state index >= 15 is 0 Å². The number of piperidine rings is 1. The van der Waals surface area contributed by atoms with E-state index in [1.807, 2.05) is 0 Å². The molecule has 1 aliphatic heterocycles. The van der Waals surface area contributed by atoms with Gasteiger partial charge in [0.2, 0.25) is 5.91 Å². The highest BCUT2D eigenvalue weighted by molar-refractivity contribution is 5.77. The van der Waals surface area contributed by atoms with Gasteiger partial charge in [-0.05, 0) is 42.9 Å². The lowest BCUT2D eigenvalue weighted by Crippen LogP contribution is -2.40. The molecule has 5 nitrogen and oxygen atoms in total. The van der Waals surface area contributed by atoms with Gasteiger partial charge in [-0.1, -0.05) is 12.1 Å². The van der Waals surface area contributed by atoms with E-state index in [1.54, 1.807) is 11.0 Å². The average Bonchev–Trinajstić information content (AvgIpc) is 2.53. The number of carbonyl (C=O) groups excluding carboxylic acids is 1. The van der Waals surface area contributed by atoms with Gasteiger partial charge in [0.05, 0.1) is 12.5 Å². The Morgan fingerprint density at radius 3 is 2.87 bits per heavy atom. The van der Waals surface area contributed by atoms with E-state index in [1.165, 1.54) is 18.2 Å². The van der Waals surface area contributed by atoms with E-state index in [9.17, 15) is 19.1 Å². The fourth-order valence-corrected chi connectivity index (χ4v) is 2.98. The van der Waals surface area contributed by atoms with Crippen molar-refractivity contribution in [2.24, 2.45) is 5.92 Å². The molecule has 0 aromatic heterocycles. The van der Waals surface area contributed by atoms with Gasteiger partial charge in [-0.2, -0.15) is 0 Å². The summed E-state index contributed by atoms with van der Waals surface area (Å²) >= 11 is 0. The highest BCUT2D eigenvalue weighted by Gasteiger charge is 2.25. The summed E-state index contributed by atoms with van der Waals surface area (Å²) in [4.78, 5) is 24.6. The van der Waals surface area contributed by atoms with Crippen molar-refractivity contribution < 1.29 is 24.2 Å². The van der Waals surface area contributed by atoms with Gasteiger partial charge in [0.25, 0.3) is 0 Å². The molecule has 1 heterocycles. The fourth-order valence-electron chi connectivity index (χ4n) is 2.98. The summed E-state index contributed by atoms with van der Waals surface area (Å²) in [7, 11) is 0. The molecule has 0 unspecified atom stereocenters. The minimum atomic E-state index is -1.03. The molecule has 1 saturated heterocycles. The van der Waals surface area contributed by atoms with Gasteiger partial charge in [0, 0.05) is 19.5 Å². The quantitative estimate of drug-likeness (QED) is 0.842. The molecule has 126 valence electrons. The van der Waals surface area contributed by atoms with Crippen LogP contribution in [0.4, 0.5) is 4.39 Å². The number of amides is 1. The zero-order valence-corrected chi connectivity index (χ0v) is 12.9. The lowest BCUT2D eigenvalue weighted by molar-refractivity contribution is -0.137. The van der Waals surface area contributed by atoms with Crippen molar-refractivity contribution in [3.05, 3.63) is 35.6 Å². The van der Waals surface area contributed by atoms with Crippen molar-refractivity contribution in [1.29, 1.82) is 0 Å². The van der Waals surface area contributed by atoms with E-state index in [0.29, 0.717) is 25.1 Å². The van der Waals surface area contributed by atoms with Crippen molar-refractivity contribution in [3.8, 4) is 0 Å². The maximum absolute atomic E-state index is 13.2. The Bertz CT molecular complexity index is 563. The second kappa shape index (κ2) is 8.06. The first-order chi connectivity index (χ1) is 11.0. The average molecular weight is 323 g/mol. The second-order valence-corrected chi connectivity index (χ2v) is 6.06. The van der Waals surface area contributed by atoms with Crippen LogP contribution in [0.3, 0.4) is 0 Å². The van der Waals surface area contributed by atoms with Crippen molar-refractivity contribution in [2.45, 2.75) is 38.2 Å². The highest BCUT2D eigenvalue weighted by atomic mass is 19.1. The van der Waals surface area contributed by atoms with Crippen LogP contribution in [0.5, 0.6) is 0 Å². The molecule has 0 spiro atoms. The van der Waals surface area contributed by atoms with E-state index in [-0.39, 0.29) is 24.7 Å². The number of likely N-dealkylation sites (tertiary alicyclic amines) is 1. The Kier molecular flexibility index (Phi) is 6.10. The molecule has 0 bridgehead atoms. The van der Waals surface area contributed by atoms with Gasteiger partial charge >= 0.3 is 5.97 Å². The van der Waals surface area contributed by atoms with Crippen LogP contribution in [-0.2, 0) is 9.59 Å². The molecule has 0 saturated carbocycles. The number of carbonyl (C=O) groups is 2. The van der Waals surface area contributed by atoms with Crippen LogP contribution in [-0.4, -0.2) is 40.1 Å². The lowest BCUT2D eigenvalue weighted by atomic mass is 9.93. The third-order valence-corrected chi connectivity index (χ3v) is 4.24. The summed E-state index contributed by atoms with van der Waals surface area (Å²) in [6, 6.07) is 5.60. The molecule has 2 rings (SSSR count). The molecule has 23 heavy (non-hydrogen) atoms. The standard InChI is InChI=1S/C17H22FNO4/c18-14-5-1-4-13(9-14)15(20)10-16(21)19-8-2-3-12(11-19)6-7-17(22)23/h1,4-5,9,12,15,20H,2-3,6-8,10-11H2,(H,22,23)/t12-,15-/m1/s1. The number of carboxylic acids is 1. The fraction of sp³-hybridized carbons (Fsp3) is 0.529. The molecular formula is C17H22FNO4. The third-order valence-electron chi connectivity index (χ3n) is 4.24. The summed E-state index contributed by atoms with van der Waals surface area (Å²) in [5, 5.41) is 18.8. The van der Waals surface area contributed by atoms with E-state index in [0.717, 1.165) is 12.8 Å². The SMILES string of the molecule is O=C(O)CC[C@H]1CCCN(C(=O)C[C@@H](O)c2cccc(F)c2)C1. The smallest absolute Gasteiger partial charge is 0.303 e. The summed E-state index contributed by atoms with van der Waals surface area (Å²) < 4.78 is 13.2. The Hall–Kier alpha value is -1.95. The number of aliphatic carboxylic acids is 1. The highest BCUT2D eigenvalue weighted by Crippen LogP contribution is 2.24. The maximum atomic E-state index is 13.2. The molecule has 6 heteroatoms. The van der Waals surface area contributed by atoms with Gasteiger partial charge in [-0.3, -0.25) is 9.59 Å². The molecule has 0 radical (unpaired) electrons. The molecule has 1 fully saturated rings. The van der Waals surface area contributed by atoms with Crippen LogP contribution in [0, 0.1) is 11.7 Å². The predicted octanol–water partition coefficient (Wildman–Crippen LogP) is 2.35. The normalized spacial score (nSPS) is 19.4. The number of rotatable bonds is 6. The summed E-state index contributed by atoms with van der Waals surface area (Å²) in [6.45, 7) is 1.15. The largest absolute Gasteiger partial charge is 0.481 e. The van der Waals surface area contributed by atoms with Crippen molar-refractivity contribution in [3.63, 3.8) is 0 Å². The van der Waals surface area contributed by atoms with Gasteiger partial charge in [-0.25, -0.2) is 4.39 Å². The van der Waals surface area contributed by atoms with Gasteiger partial charge in [-0.15, -0.1) is 0 Å². The molecular weight excluding hydrogens is 301 g/mol. The first kappa shape index (κ1) is 17.4. The molecule has 1 aliphatic rings. The second-order valence-electron chi connectivity index (χ2n) is 6.06. The third kappa shape index (κ3) is 5.32. The van der Waals surface area contributed by atoms with Crippen LogP contribution in [0.15, 0.2) is 24.3 Å². The maximum Gasteiger partial charge on any atom is 0.303 e. The van der Waals surface area contributed by atoms with Crippen LogP contribution in [0.25, 0.3) is 0 Å². The number of carboxylic acid groups (broad SMARTS) is 1. The zero-order chi connectivity index (χ0) is 16.8. The van der Waals surface area contributed by atoms with Gasteiger partial charge < -0.3 is 15.1 Å². The number of hydrogen-bond donors (Lipinski definition) is 2. The summed E-state index contributed by atoms with van der Waals surface area (Å²) in [5.74, 6) is -1.26. The minimum absolute atomic E-state index is 0.0882. The van der Waals surface area contributed by atoms with Crippen LogP contribution in [0.1, 0.15) is 43.8 Å². The predicted molar refractivity (Wildman–Crippen MR) is 82.2 cm³/mol. The summed E-state index contributed by atoms with van der Waals surface area (Å²) in [6.07, 6.45) is 1.31. The van der Waals surface area contributed by atoms with Crippen LogP contribution < -0.4 is 0 Å². The minimum Gasteiger partial charge on any atom is -0.481 e. The number of aliphatic hydroxyl groups is 1.